The minimum atomic E-state index is 0.0177. The molecule has 7 nitrogen and oxygen atoms in total. The van der Waals surface area contributed by atoms with E-state index in [-0.39, 0.29) is 5.41 Å². The fourth-order valence-corrected chi connectivity index (χ4v) is 4.67. The largest absolute Gasteiger partial charge is 0.299 e. The molecule has 0 aliphatic carbocycles. The van der Waals surface area contributed by atoms with E-state index in [1.165, 1.54) is 30.5 Å². The highest BCUT2D eigenvalue weighted by atomic mass is 15.4. The van der Waals surface area contributed by atoms with Crippen molar-refractivity contribution in [1.29, 1.82) is 0 Å². The molecular weight excluding hydrogens is 362 g/mol. The number of hydrogen-bond acceptors (Lipinski definition) is 5. The quantitative estimate of drug-likeness (QED) is 0.683. The lowest BCUT2D eigenvalue weighted by Gasteiger charge is -2.31. The number of fused-ring (bicyclic) bond motifs is 2. The Balaban J connectivity index is 1.29. The van der Waals surface area contributed by atoms with Gasteiger partial charge >= 0.3 is 0 Å². The zero-order valence-corrected chi connectivity index (χ0v) is 17.8. The van der Waals surface area contributed by atoms with Crippen molar-refractivity contribution in [2.75, 3.05) is 13.1 Å². The molecule has 0 radical (unpaired) electrons. The van der Waals surface area contributed by atoms with Crippen LogP contribution in [0.3, 0.4) is 0 Å². The molecule has 2 aliphatic heterocycles. The molecule has 2 aliphatic rings. The summed E-state index contributed by atoms with van der Waals surface area (Å²) < 4.78 is 4.20. The van der Waals surface area contributed by atoms with Crippen LogP contribution in [-0.2, 0) is 24.9 Å². The van der Waals surface area contributed by atoms with E-state index in [1.54, 1.807) is 0 Å². The van der Waals surface area contributed by atoms with Crippen molar-refractivity contribution in [3.63, 3.8) is 0 Å². The molecule has 0 atom stereocenters. The van der Waals surface area contributed by atoms with Gasteiger partial charge in [-0.15, -0.1) is 10.2 Å². The highest BCUT2D eigenvalue weighted by Crippen LogP contribution is 2.29. The molecule has 0 unspecified atom stereocenters. The van der Waals surface area contributed by atoms with Gasteiger partial charge in [0.05, 0.1) is 11.9 Å². The Hall–Kier alpha value is -2.28. The summed E-state index contributed by atoms with van der Waals surface area (Å²) in [7, 11) is 0. The number of nitrogens with zero attached hydrogens (tertiary/aromatic N) is 7. The third kappa shape index (κ3) is 3.56. The van der Waals surface area contributed by atoms with Gasteiger partial charge in [0.15, 0.2) is 11.5 Å². The molecule has 154 valence electrons. The molecule has 0 spiro atoms. The van der Waals surface area contributed by atoms with E-state index in [4.69, 9.17) is 5.10 Å². The van der Waals surface area contributed by atoms with Crippen molar-refractivity contribution in [1.82, 2.24) is 34.5 Å². The Morgan fingerprint density at radius 1 is 1.03 bits per heavy atom. The third-order valence-corrected chi connectivity index (χ3v) is 6.47. The first-order chi connectivity index (χ1) is 14.0. The van der Waals surface area contributed by atoms with E-state index in [9.17, 15) is 0 Å². The molecule has 1 saturated heterocycles. The highest BCUT2D eigenvalue weighted by Gasteiger charge is 2.27. The molecule has 3 aromatic heterocycles. The Morgan fingerprint density at radius 2 is 1.86 bits per heavy atom. The van der Waals surface area contributed by atoms with Crippen LogP contribution in [0.25, 0.3) is 5.65 Å². The normalized spacial score (nSPS) is 19.0. The maximum absolute atomic E-state index is 4.88. The average Bonchev–Trinajstić information content (AvgIpc) is 3.32. The van der Waals surface area contributed by atoms with Crippen LogP contribution < -0.4 is 0 Å². The SMILES string of the molecule is CC(C)(C)c1ccc2nnc(C3CCN(Cc4cnn5c4CCCC5)CC3)n2n1. The molecule has 3 aromatic rings. The van der Waals surface area contributed by atoms with Crippen LogP contribution in [0.15, 0.2) is 18.3 Å². The van der Waals surface area contributed by atoms with Gasteiger partial charge in [-0.2, -0.15) is 14.7 Å². The fraction of sp³-hybridized carbons (Fsp3) is 0.636. The summed E-state index contributed by atoms with van der Waals surface area (Å²) >= 11 is 0. The molecule has 5 rings (SSSR count). The van der Waals surface area contributed by atoms with E-state index < -0.39 is 0 Å². The Morgan fingerprint density at radius 3 is 2.66 bits per heavy atom. The van der Waals surface area contributed by atoms with Gasteiger partial charge in [0, 0.05) is 35.7 Å². The standard InChI is InChI=1S/C22H31N7/c1-22(2,3)19-7-8-20-24-25-21(29(20)26-19)16-9-12-27(13-10-16)15-17-14-23-28-11-5-4-6-18(17)28/h7-8,14,16H,4-6,9-13,15H2,1-3H3. The van der Waals surface area contributed by atoms with Crippen LogP contribution in [0.2, 0.25) is 0 Å². The van der Waals surface area contributed by atoms with Crippen molar-refractivity contribution in [3.8, 4) is 0 Å². The Bertz CT molecular complexity index is 1000. The van der Waals surface area contributed by atoms with Crippen molar-refractivity contribution in [2.45, 2.75) is 77.3 Å². The van der Waals surface area contributed by atoms with E-state index >= 15 is 0 Å². The summed E-state index contributed by atoms with van der Waals surface area (Å²) in [5.74, 6) is 1.44. The van der Waals surface area contributed by atoms with Gasteiger partial charge in [-0.25, -0.2) is 0 Å². The summed E-state index contributed by atoms with van der Waals surface area (Å²) in [6, 6.07) is 4.12. The van der Waals surface area contributed by atoms with Gasteiger partial charge in [-0.1, -0.05) is 20.8 Å². The maximum Gasteiger partial charge on any atom is 0.177 e. The molecule has 0 aromatic carbocycles. The summed E-state index contributed by atoms with van der Waals surface area (Å²) in [5, 5.41) is 18.4. The highest BCUT2D eigenvalue weighted by molar-refractivity contribution is 5.38. The van der Waals surface area contributed by atoms with Crippen LogP contribution >= 0.6 is 0 Å². The predicted octanol–water partition coefficient (Wildman–Crippen LogP) is 3.33. The first-order valence-corrected chi connectivity index (χ1v) is 11.0. The first-order valence-electron chi connectivity index (χ1n) is 11.0. The van der Waals surface area contributed by atoms with E-state index in [0.29, 0.717) is 5.92 Å². The van der Waals surface area contributed by atoms with Crippen molar-refractivity contribution in [2.24, 2.45) is 0 Å². The molecule has 0 N–H and O–H groups in total. The molecule has 1 fully saturated rings. The molecule has 0 bridgehead atoms. The topological polar surface area (TPSA) is 64.1 Å². The molecule has 7 heteroatoms. The second-order valence-electron chi connectivity index (χ2n) is 9.64. The lowest BCUT2D eigenvalue weighted by Crippen LogP contribution is -2.33. The number of hydrogen-bond donors (Lipinski definition) is 0. The number of likely N-dealkylation sites (tertiary alicyclic amines) is 1. The van der Waals surface area contributed by atoms with Crippen LogP contribution in [0.4, 0.5) is 0 Å². The van der Waals surface area contributed by atoms with E-state index in [0.717, 1.165) is 56.2 Å². The fourth-order valence-electron chi connectivity index (χ4n) is 4.67. The lowest BCUT2D eigenvalue weighted by atomic mass is 9.92. The van der Waals surface area contributed by atoms with Crippen LogP contribution in [0.1, 0.15) is 75.1 Å². The second kappa shape index (κ2) is 7.20. The molecule has 29 heavy (non-hydrogen) atoms. The second-order valence-corrected chi connectivity index (χ2v) is 9.64. The summed E-state index contributed by atoms with van der Waals surface area (Å²) in [6.07, 6.45) is 8.04. The zero-order valence-electron chi connectivity index (χ0n) is 17.8. The van der Waals surface area contributed by atoms with Gasteiger partial charge in [-0.3, -0.25) is 9.58 Å². The van der Waals surface area contributed by atoms with Gasteiger partial charge < -0.3 is 0 Å². The van der Waals surface area contributed by atoms with Gasteiger partial charge in [0.25, 0.3) is 0 Å². The van der Waals surface area contributed by atoms with E-state index in [1.807, 2.05) is 10.6 Å². The zero-order chi connectivity index (χ0) is 20.0. The number of rotatable bonds is 3. The van der Waals surface area contributed by atoms with E-state index in [2.05, 4.69) is 57.9 Å². The van der Waals surface area contributed by atoms with Gasteiger partial charge in [-0.05, 0) is 57.3 Å². The number of aromatic nitrogens is 6. The van der Waals surface area contributed by atoms with Crippen LogP contribution in [0.5, 0.6) is 0 Å². The minimum absolute atomic E-state index is 0.0177. The van der Waals surface area contributed by atoms with Crippen molar-refractivity contribution >= 4 is 5.65 Å². The first kappa shape index (κ1) is 18.7. The summed E-state index contributed by atoms with van der Waals surface area (Å²) in [6.45, 7) is 10.9. The molecular formula is C22H31N7. The van der Waals surface area contributed by atoms with Crippen molar-refractivity contribution < 1.29 is 0 Å². The number of aryl methyl sites for hydroxylation is 1. The third-order valence-electron chi connectivity index (χ3n) is 6.47. The van der Waals surface area contributed by atoms with Crippen LogP contribution in [-0.4, -0.2) is 47.6 Å². The summed E-state index contributed by atoms with van der Waals surface area (Å²) in [5.41, 5.74) is 4.83. The average molecular weight is 394 g/mol. The van der Waals surface area contributed by atoms with Crippen molar-refractivity contribution in [3.05, 3.63) is 41.1 Å². The Kier molecular flexibility index (Phi) is 4.65. The smallest absolute Gasteiger partial charge is 0.177 e. The van der Waals surface area contributed by atoms with Gasteiger partial charge in [0.1, 0.15) is 0 Å². The van der Waals surface area contributed by atoms with Gasteiger partial charge in [0.2, 0.25) is 0 Å². The summed E-state index contributed by atoms with van der Waals surface area (Å²) in [4.78, 5) is 2.57. The minimum Gasteiger partial charge on any atom is -0.299 e. The Labute approximate surface area is 172 Å². The molecule has 0 amide bonds. The maximum atomic E-state index is 4.88. The monoisotopic (exact) mass is 393 g/mol. The number of piperidine rings is 1. The molecule has 0 saturated carbocycles. The lowest BCUT2D eigenvalue weighted by molar-refractivity contribution is 0.200. The molecule has 5 heterocycles. The van der Waals surface area contributed by atoms with Crippen LogP contribution in [0, 0.1) is 0 Å². The predicted molar refractivity (Wildman–Crippen MR) is 112 cm³/mol.